The van der Waals surface area contributed by atoms with E-state index < -0.39 is 16.5 Å². The molecule has 1 aliphatic carbocycles. The molecule has 3 atom stereocenters. The molecule has 0 spiro atoms. The number of halogens is 1. The van der Waals surface area contributed by atoms with Gasteiger partial charge in [-0.25, -0.2) is 4.39 Å². The van der Waals surface area contributed by atoms with Crippen molar-refractivity contribution in [3.8, 4) is 0 Å². The van der Waals surface area contributed by atoms with Crippen LogP contribution in [0.5, 0.6) is 0 Å². The standard InChI is InChI=1S/C15H18FNO4/c1-15(2)20-13-6-3-9(7-14(13)21-15)11-5-4-10(17(18)19)8-12(11)16/h4-5,8-9,13-14H,3,6-7H2,1-2H3. The largest absolute Gasteiger partial charge is 0.345 e. The van der Waals surface area contributed by atoms with Gasteiger partial charge in [0.15, 0.2) is 5.79 Å². The number of non-ortho nitro benzene ring substituents is 1. The van der Waals surface area contributed by atoms with Gasteiger partial charge in [-0.1, -0.05) is 0 Å². The Kier molecular flexibility index (Phi) is 3.45. The summed E-state index contributed by atoms with van der Waals surface area (Å²) >= 11 is 0. The number of fused-ring (bicyclic) bond motifs is 1. The molecule has 1 aromatic carbocycles. The zero-order valence-corrected chi connectivity index (χ0v) is 12.0. The maximum Gasteiger partial charge on any atom is 0.272 e. The fourth-order valence-corrected chi connectivity index (χ4v) is 3.36. The van der Waals surface area contributed by atoms with Crippen LogP contribution in [0.15, 0.2) is 18.2 Å². The zero-order chi connectivity index (χ0) is 15.2. The molecular formula is C15H18FNO4. The van der Waals surface area contributed by atoms with E-state index in [0.717, 1.165) is 18.9 Å². The quantitative estimate of drug-likeness (QED) is 0.618. The first kappa shape index (κ1) is 14.4. The first-order valence-corrected chi connectivity index (χ1v) is 7.15. The van der Waals surface area contributed by atoms with Crippen molar-refractivity contribution in [2.24, 2.45) is 0 Å². The highest BCUT2D eigenvalue weighted by Gasteiger charge is 2.45. The van der Waals surface area contributed by atoms with Gasteiger partial charge in [-0.3, -0.25) is 10.1 Å². The topological polar surface area (TPSA) is 61.6 Å². The Hall–Kier alpha value is -1.53. The van der Waals surface area contributed by atoms with Crippen molar-refractivity contribution in [2.75, 3.05) is 0 Å². The average molecular weight is 295 g/mol. The summed E-state index contributed by atoms with van der Waals surface area (Å²) in [6.45, 7) is 3.76. The van der Waals surface area contributed by atoms with E-state index in [0.29, 0.717) is 12.0 Å². The summed E-state index contributed by atoms with van der Waals surface area (Å²) in [5, 5.41) is 10.7. The number of hydrogen-bond donors (Lipinski definition) is 0. The van der Waals surface area contributed by atoms with Gasteiger partial charge in [0.1, 0.15) is 5.82 Å². The molecule has 114 valence electrons. The Bertz CT molecular complexity index is 575. The van der Waals surface area contributed by atoms with Gasteiger partial charge in [0, 0.05) is 6.07 Å². The number of nitrogens with zero attached hydrogens (tertiary/aromatic N) is 1. The maximum atomic E-state index is 14.1. The highest BCUT2D eigenvalue weighted by molar-refractivity contribution is 5.36. The predicted octanol–water partition coefficient (Wildman–Crippen LogP) is 3.52. The lowest BCUT2D eigenvalue weighted by molar-refractivity contribution is -0.385. The molecule has 2 aliphatic rings. The molecule has 3 rings (SSSR count). The van der Waals surface area contributed by atoms with Gasteiger partial charge in [0.2, 0.25) is 0 Å². The molecule has 2 fully saturated rings. The lowest BCUT2D eigenvalue weighted by atomic mass is 9.81. The highest BCUT2D eigenvalue weighted by Crippen LogP contribution is 2.43. The van der Waals surface area contributed by atoms with Gasteiger partial charge in [0.25, 0.3) is 5.69 Å². The summed E-state index contributed by atoms with van der Waals surface area (Å²) in [4.78, 5) is 10.1. The SMILES string of the molecule is CC1(C)OC2CCC(c3ccc([N+](=O)[O-])cc3F)CC2O1. The molecule has 5 nitrogen and oxygen atoms in total. The molecule has 6 heteroatoms. The van der Waals surface area contributed by atoms with Crippen LogP contribution in [-0.2, 0) is 9.47 Å². The molecular weight excluding hydrogens is 277 g/mol. The second-order valence-corrected chi connectivity index (χ2v) is 6.19. The van der Waals surface area contributed by atoms with Gasteiger partial charge in [-0.05, 0) is 50.7 Å². The van der Waals surface area contributed by atoms with Gasteiger partial charge in [-0.2, -0.15) is 0 Å². The van der Waals surface area contributed by atoms with E-state index in [2.05, 4.69) is 0 Å². The van der Waals surface area contributed by atoms with Crippen LogP contribution in [0, 0.1) is 15.9 Å². The fraction of sp³-hybridized carbons (Fsp3) is 0.600. The summed E-state index contributed by atoms with van der Waals surface area (Å²) in [6.07, 6.45) is 2.33. The minimum absolute atomic E-state index is 0.0181. The summed E-state index contributed by atoms with van der Waals surface area (Å²) in [5.41, 5.74) is 0.318. The first-order valence-electron chi connectivity index (χ1n) is 7.15. The van der Waals surface area contributed by atoms with Gasteiger partial charge in [0.05, 0.1) is 23.2 Å². The third-order valence-electron chi connectivity index (χ3n) is 4.24. The first-order chi connectivity index (χ1) is 9.85. The van der Waals surface area contributed by atoms with Crippen molar-refractivity contribution in [1.82, 2.24) is 0 Å². The second kappa shape index (κ2) is 5.03. The molecule has 1 saturated heterocycles. The number of nitro groups is 1. The third-order valence-corrected chi connectivity index (χ3v) is 4.24. The number of ether oxygens (including phenoxy) is 2. The number of benzene rings is 1. The van der Waals surface area contributed by atoms with Crippen molar-refractivity contribution in [3.63, 3.8) is 0 Å². The molecule has 0 aromatic heterocycles. The molecule has 0 radical (unpaired) electrons. The monoisotopic (exact) mass is 295 g/mol. The van der Waals surface area contributed by atoms with E-state index in [9.17, 15) is 14.5 Å². The van der Waals surface area contributed by atoms with Crippen LogP contribution in [0.4, 0.5) is 10.1 Å². The van der Waals surface area contributed by atoms with Crippen molar-refractivity contribution in [2.45, 2.75) is 57.0 Å². The smallest absolute Gasteiger partial charge is 0.272 e. The van der Waals surface area contributed by atoms with Crippen LogP contribution in [0.2, 0.25) is 0 Å². The summed E-state index contributed by atoms with van der Waals surface area (Å²) in [7, 11) is 0. The van der Waals surface area contributed by atoms with E-state index in [4.69, 9.17) is 9.47 Å². The van der Waals surface area contributed by atoms with Crippen LogP contribution in [0.1, 0.15) is 44.6 Å². The molecule has 0 N–H and O–H groups in total. The Morgan fingerprint density at radius 2 is 2.00 bits per heavy atom. The minimum atomic E-state index is -0.585. The highest BCUT2D eigenvalue weighted by atomic mass is 19.1. The van der Waals surface area contributed by atoms with Crippen molar-refractivity contribution >= 4 is 5.69 Å². The van der Waals surface area contributed by atoms with Gasteiger partial charge < -0.3 is 9.47 Å². The second-order valence-electron chi connectivity index (χ2n) is 6.19. The molecule has 1 heterocycles. The predicted molar refractivity (Wildman–Crippen MR) is 73.5 cm³/mol. The number of nitro benzene ring substituents is 1. The Morgan fingerprint density at radius 1 is 1.29 bits per heavy atom. The molecule has 0 amide bonds. The fourth-order valence-electron chi connectivity index (χ4n) is 3.36. The minimum Gasteiger partial charge on any atom is -0.345 e. The summed E-state index contributed by atoms with van der Waals surface area (Å²) < 4.78 is 25.8. The summed E-state index contributed by atoms with van der Waals surface area (Å²) in [6, 6.07) is 3.89. The van der Waals surface area contributed by atoms with Crippen LogP contribution in [-0.4, -0.2) is 22.9 Å². The summed E-state index contributed by atoms with van der Waals surface area (Å²) in [5.74, 6) is -1.08. The number of rotatable bonds is 2. The van der Waals surface area contributed by atoms with Crippen molar-refractivity contribution in [3.05, 3.63) is 39.7 Å². The Balaban J connectivity index is 1.78. The average Bonchev–Trinajstić information content (AvgIpc) is 2.71. The lowest BCUT2D eigenvalue weighted by Crippen LogP contribution is -2.30. The third kappa shape index (κ3) is 2.78. The van der Waals surface area contributed by atoms with Crippen LogP contribution in [0.25, 0.3) is 0 Å². The molecule has 1 aromatic rings. The van der Waals surface area contributed by atoms with Gasteiger partial charge >= 0.3 is 0 Å². The Morgan fingerprint density at radius 3 is 2.67 bits per heavy atom. The van der Waals surface area contributed by atoms with E-state index in [1.54, 1.807) is 0 Å². The molecule has 1 aliphatic heterocycles. The van der Waals surface area contributed by atoms with E-state index in [1.165, 1.54) is 12.1 Å². The van der Waals surface area contributed by atoms with E-state index >= 15 is 0 Å². The van der Waals surface area contributed by atoms with Crippen LogP contribution >= 0.6 is 0 Å². The Labute approximate surface area is 122 Å². The van der Waals surface area contributed by atoms with Crippen LogP contribution < -0.4 is 0 Å². The number of hydrogen-bond acceptors (Lipinski definition) is 4. The lowest BCUT2D eigenvalue weighted by Gasteiger charge is -2.29. The van der Waals surface area contributed by atoms with Crippen molar-refractivity contribution < 1.29 is 18.8 Å². The van der Waals surface area contributed by atoms with E-state index in [-0.39, 0.29) is 23.8 Å². The van der Waals surface area contributed by atoms with Gasteiger partial charge in [-0.15, -0.1) is 0 Å². The van der Waals surface area contributed by atoms with E-state index in [1.807, 2.05) is 13.8 Å². The van der Waals surface area contributed by atoms with Crippen LogP contribution in [0.3, 0.4) is 0 Å². The molecule has 1 saturated carbocycles. The molecule has 3 unspecified atom stereocenters. The maximum absolute atomic E-state index is 14.1. The zero-order valence-electron chi connectivity index (χ0n) is 12.0. The molecule has 0 bridgehead atoms. The normalized spacial score (nSPS) is 30.9. The molecule has 21 heavy (non-hydrogen) atoms. The van der Waals surface area contributed by atoms with Crippen molar-refractivity contribution in [1.29, 1.82) is 0 Å².